The summed E-state index contributed by atoms with van der Waals surface area (Å²) in [5.74, 6) is -1.13. The molecule has 5 nitrogen and oxygen atoms in total. The monoisotopic (exact) mass is 469 g/mol. The summed E-state index contributed by atoms with van der Waals surface area (Å²) in [6, 6.07) is 17.8. The van der Waals surface area contributed by atoms with Crippen LogP contribution in [0.3, 0.4) is 0 Å². The first kappa shape index (κ1) is 20.8. The number of halogens is 2. The number of aromatic nitrogens is 1. The Hall–Kier alpha value is -2.96. The zero-order valence-electron chi connectivity index (χ0n) is 15.4. The Morgan fingerprint density at radius 1 is 1.00 bits per heavy atom. The number of rotatable bonds is 5. The number of carbonyl (C=O) groups excluding carboxylic acids is 2. The Kier molecular flexibility index (Phi) is 6.80. The molecule has 29 heavy (non-hydrogen) atoms. The predicted molar refractivity (Wildman–Crippen MR) is 120 cm³/mol. The minimum absolute atomic E-state index is 0.101. The number of aryl methyl sites for hydroxylation is 1. The zero-order chi connectivity index (χ0) is 20.8. The number of carbonyl (C=O) groups is 2. The summed E-state index contributed by atoms with van der Waals surface area (Å²) in [7, 11) is 0. The third-order valence-electron chi connectivity index (χ3n) is 3.98. The van der Waals surface area contributed by atoms with Gasteiger partial charge in [0.25, 0.3) is 11.8 Å². The second kappa shape index (κ2) is 9.49. The molecule has 0 aliphatic rings. The molecule has 0 saturated carbocycles. The summed E-state index contributed by atoms with van der Waals surface area (Å²) in [5, 5.41) is 5.69. The van der Waals surface area contributed by atoms with Gasteiger partial charge in [0, 0.05) is 21.9 Å². The first-order valence-corrected chi connectivity index (χ1v) is 9.87. The molecule has 2 amide bonds. The topological polar surface area (TPSA) is 71.1 Å². The van der Waals surface area contributed by atoms with Crippen LogP contribution in [0.4, 0.5) is 11.4 Å². The van der Waals surface area contributed by atoms with Crippen LogP contribution in [0, 0.1) is 6.92 Å². The first-order chi connectivity index (χ1) is 13.9. The van der Waals surface area contributed by atoms with Crippen LogP contribution in [0.15, 0.2) is 76.9 Å². The van der Waals surface area contributed by atoms with Gasteiger partial charge in [0.1, 0.15) is 10.7 Å². The molecule has 3 aromatic rings. The van der Waals surface area contributed by atoms with Crippen molar-refractivity contribution in [2.75, 3.05) is 10.6 Å². The lowest BCUT2D eigenvalue weighted by atomic mass is 10.1. The maximum atomic E-state index is 13.0. The summed E-state index contributed by atoms with van der Waals surface area (Å²) in [5.41, 5.74) is 2.53. The minimum atomic E-state index is -0.567. The van der Waals surface area contributed by atoms with E-state index in [0.717, 1.165) is 5.56 Å². The van der Waals surface area contributed by atoms with Gasteiger partial charge < -0.3 is 10.6 Å². The molecule has 0 unspecified atom stereocenters. The van der Waals surface area contributed by atoms with Crippen LogP contribution in [0.5, 0.6) is 0 Å². The van der Waals surface area contributed by atoms with Crippen molar-refractivity contribution in [1.29, 1.82) is 0 Å². The van der Waals surface area contributed by atoms with Crippen molar-refractivity contribution in [3.63, 3.8) is 0 Å². The van der Waals surface area contributed by atoms with Gasteiger partial charge in [0.15, 0.2) is 0 Å². The van der Waals surface area contributed by atoms with E-state index in [0.29, 0.717) is 21.4 Å². The Bertz CT molecular complexity index is 1080. The summed E-state index contributed by atoms with van der Waals surface area (Å²) in [6.07, 6.45) is 2.96. The van der Waals surface area contributed by atoms with E-state index in [1.165, 1.54) is 12.3 Å². The van der Waals surface area contributed by atoms with Gasteiger partial charge in [-0.05, 0) is 64.8 Å². The molecule has 0 spiro atoms. The largest absolute Gasteiger partial charge is 0.322 e. The fourth-order valence-corrected chi connectivity index (χ4v) is 3.29. The molecule has 0 aliphatic heterocycles. The average molecular weight is 471 g/mol. The molecule has 0 aliphatic carbocycles. The molecule has 2 aromatic carbocycles. The number of benzene rings is 2. The third kappa shape index (κ3) is 5.53. The van der Waals surface area contributed by atoms with Gasteiger partial charge in [-0.1, -0.05) is 41.9 Å². The fourth-order valence-electron chi connectivity index (χ4n) is 2.53. The predicted octanol–water partition coefficient (Wildman–Crippen LogP) is 5.47. The third-order valence-corrected chi connectivity index (χ3v) is 4.95. The van der Waals surface area contributed by atoms with Crippen LogP contribution in [-0.4, -0.2) is 16.8 Å². The van der Waals surface area contributed by atoms with E-state index in [9.17, 15) is 9.59 Å². The summed E-state index contributed by atoms with van der Waals surface area (Å²) >= 11 is 9.54. The molecular weight excluding hydrogens is 454 g/mol. The second-order valence-corrected chi connectivity index (χ2v) is 7.41. The number of nitrogens with one attached hydrogen (secondary N) is 2. The van der Waals surface area contributed by atoms with Crippen molar-refractivity contribution in [3.8, 4) is 0 Å². The van der Waals surface area contributed by atoms with Crippen LogP contribution < -0.4 is 10.6 Å². The van der Waals surface area contributed by atoms with Crippen molar-refractivity contribution < 1.29 is 9.59 Å². The molecule has 1 heterocycles. The molecule has 0 fully saturated rings. The van der Waals surface area contributed by atoms with Crippen molar-refractivity contribution in [2.24, 2.45) is 0 Å². The van der Waals surface area contributed by atoms with E-state index in [1.54, 1.807) is 42.5 Å². The first-order valence-electron chi connectivity index (χ1n) is 8.70. The Balaban J connectivity index is 1.94. The number of anilines is 2. The van der Waals surface area contributed by atoms with Crippen LogP contribution in [0.1, 0.15) is 11.1 Å². The van der Waals surface area contributed by atoms with E-state index in [4.69, 9.17) is 11.6 Å². The molecule has 0 bridgehead atoms. The molecular formula is C22H17BrClN3O2. The van der Waals surface area contributed by atoms with Gasteiger partial charge >= 0.3 is 0 Å². The van der Waals surface area contributed by atoms with E-state index in [-0.39, 0.29) is 10.7 Å². The number of hydrogen-bond acceptors (Lipinski definition) is 3. The number of amides is 2. The quantitative estimate of drug-likeness (QED) is 0.225. The highest BCUT2D eigenvalue weighted by Gasteiger charge is 2.20. The molecule has 1 aromatic heterocycles. The second-order valence-electron chi connectivity index (χ2n) is 6.20. The lowest BCUT2D eigenvalue weighted by Crippen LogP contribution is -2.25. The maximum absolute atomic E-state index is 13.0. The summed E-state index contributed by atoms with van der Waals surface area (Å²) in [6.45, 7) is 1.94. The highest BCUT2D eigenvalue weighted by Crippen LogP contribution is 2.25. The van der Waals surface area contributed by atoms with Gasteiger partial charge in [-0.25, -0.2) is 4.98 Å². The van der Waals surface area contributed by atoms with Gasteiger partial charge in [-0.3, -0.25) is 9.59 Å². The van der Waals surface area contributed by atoms with Crippen molar-refractivity contribution >= 4 is 56.8 Å². The highest BCUT2D eigenvalue weighted by atomic mass is 79.9. The Morgan fingerprint density at radius 2 is 1.72 bits per heavy atom. The van der Waals surface area contributed by atoms with Crippen molar-refractivity contribution in [3.05, 3.63) is 93.2 Å². The van der Waals surface area contributed by atoms with Crippen LogP contribution in [-0.2, 0) is 9.59 Å². The standard InChI is InChI=1S/C22H17BrClN3O2/c1-14-9-10-19(18(23)12-14)27-22(29)17(13-15-6-5-11-25-20(15)24)21(28)26-16-7-3-2-4-8-16/h2-13H,1H3,(H,26,28)(H,27,29)/b17-13-. The Morgan fingerprint density at radius 3 is 2.41 bits per heavy atom. The van der Waals surface area contributed by atoms with Crippen LogP contribution in [0.25, 0.3) is 6.08 Å². The van der Waals surface area contributed by atoms with E-state index in [2.05, 4.69) is 31.5 Å². The lowest BCUT2D eigenvalue weighted by Gasteiger charge is -2.12. The number of para-hydroxylation sites is 1. The van der Waals surface area contributed by atoms with Gasteiger partial charge in [0.2, 0.25) is 0 Å². The van der Waals surface area contributed by atoms with E-state index in [1.807, 2.05) is 25.1 Å². The molecule has 0 radical (unpaired) electrons. The van der Waals surface area contributed by atoms with Gasteiger partial charge in [-0.15, -0.1) is 0 Å². The Labute approximate surface area is 181 Å². The average Bonchev–Trinajstić information content (AvgIpc) is 2.70. The normalized spacial score (nSPS) is 11.1. The zero-order valence-corrected chi connectivity index (χ0v) is 17.8. The van der Waals surface area contributed by atoms with Gasteiger partial charge in [-0.2, -0.15) is 0 Å². The molecule has 146 valence electrons. The SMILES string of the molecule is Cc1ccc(NC(=O)/C(=C\c2cccnc2Cl)C(=O)Nc2ccccc2)c(Br)c1. The lowest BCUT2D eigenvalue weighted by molar-refractivity contribution is -0.118. The number of hydrogen-bond donors (Lipinski definition) is 2. The smallest absolute Gasteiger partial charge is 0.261 e. The van der Waals surface area contributed by atoms with Crippen molar-refractivity contribution in [2.45, 2.75) is 6.92 Å². The molecule has 0 atom stereocenters. The fraction of sp³-hybridized carbons (Fsp3) is 0.0455. The summed E-state index contributed by atoms with van der Waals surface area (Å²) in [4.78, 5) is 29.8. The van der Waals surface area contributed by atoms with E-state index < -0.39 is 11.8 Å². The van der Waals surface area contributed by atoms with Gasteiger partial charge in [0.05, 0.1) is 5.69 Å². The number of pyridine rings is 1. The summed E-state index contributed by atoms with van der Waals surface area (Å²) < 4.78 is 0.716. The molecule has 7 heteroatoms. The van der Waals surface area contributed by atoms with Crippen LogP contribution in [0.2, 0.25) is 5.15 Å². The maximum Gasteiger partial charge on any atom is 0.261 e. The van der Waals surface area contributed by atoms with Crippen LogP contribution >= 0.6 is 27.5 Å². The molecule has 0 saturated heterocycles. The van der Waals surface area contributed by atoms with E-state index >= 15 is 0 Å². The molecule has 2 N–H and O–H groups in total. The minimum Gasteiger partial charge on any atom is -0.322 e. The number of nitrogens with zero attached hydrogens (tertiary/aromatic N) is 1. The molecule has 3 rings (SSSR count). The van der Waals surface area contributed by atoms with Crippen molar-refractivity contribution in [1.82, 2.24) is 4.98 Å². The highest BCUT2D eigenvalue weighted by molar-refractivity contribution is 9.10.